The number of hydrogen-bond donors (Lipinski definition) is 0. The number of benzene rings is 1. The van der Waals surface area contributed by atoms with Crippen LogP contribution in [0.3, 0.4) is 0 Å². The van der Waals surface area contributed by atoms with Crippen molar-refractivity contribution in [3.63, 3.8) is 0 Å². The van der Waals surface area contributed by atoms with E-state index in [1.807, 2.05) is 12.1 Å². The molecule has 3 heteroatoms. The third-order valence-corrected chi connectivity index (χ3v) is 3.48. The second-order valence-corrected chi connectivity index (χ2v) is 4.81. The average Bonchev–Trinajstić information content (AvgIpc) is 2.91. The van der Waals surface area contributed by atoms with E-state index in [-0.39, 0.29) is 0 Å². The van der Waals surface area contributed by atoms with Crippen LogP contribution in [0.2, 0.25) is 0 Å². The Hall–Kier alpha value is -1.53. The summed E-state index contributed by atoms with van der Waals surface area (Å²) in [6, 6.07) is 7.70. The maximum atomic E-state index is 8.90. The molecule has 1 fully saturated rings. The van der Waals surface area contributed by atoms with Gasteiger partial charge in [-0.3, -0.25) is 0 Å². The van der Waals surface area contributed by atoms with Gasteiger partial charge in [-0.25, -0.2) is 0 Å². The topological polar surface area (TPSA) is 42.2 Å². The van der Waals surface area contributed by atoms with Crippen LogP contribution in [0.15, 0.2) is 18.2 Å². The highest BCUT2D eigenvalue weighted by Gasteiger charge is 2.14. The zero-order chi connectivity index (χ0) is 12.8. The highest BCUT2D eigenvalue weighted by molar-refractivity contribution is 5.45. The molecule has 1 aliphatic carbocycles. The molecule has 0 spiro atoms. The van der Waals surface area contributed by atoms with E-state index in [0.29, 0.717) is 17.9 Å². The summed E-state index contributed by atoms with van der Waals surface area (Å²) in [4.78, 5) is 0. The molecular formula is C15H19NO2. The number of nitriles is 1. The summed E-state index contributed by atoms with van der Waals surface area (Å²) in [6.07, 6.45) is 5.30. The predicted molar refractivity (Wildman–Crippen MR) is 69.3 cm³/mol. The van der Waals surface area contributed by atoms with Crippen molar-refractivity contribution in [2.24, 2.45) is 5.92 Å². The first-order valence-electron chi connectivity index (χ1n) is 6.48. The molecule has 0 amide bonds. The van der Waals surface area contributed by atoms with E-state index >= 15 is 0 Å². The Balaban J connectivity index is 1.87. The molecule has 1 aromatic carbocycles. The van der Waals surface area contributed by atoms with Gasteiger partial charge in [-0.1, -0.05) is 18.9 Å². The lowest BCUT2D eigenvalue weighted by Crippen LogP contribution is -2.05. The minimum atomic E-state index is 0.567. The molecule has 0 heterocycles. The Labute approximate surface area is 108 Å². The van der Waals surface area contributed by atoms with Crippen molar-refractivity contribution in [3.8, 4) is 11.8 Å². The molecular weight excluding hydrogens is 226 g/mol. The fourth-order valence-corrected chi connectivity index (χ4v) is 2.44. The van der Waals surface area contributed by atoms with Crippen LogP contribution in [-0.2, 0) is 11.3 Å². The summed E-state index contributed by atoms with van der Waals surface area (Å²) in [5.41, 5.74) is 1.63. The standard InChI is InChI=1S/C15H19NO2/c1-17-15-8-13(6-7-14(15)9-16)11-18-10-12-4-2-3-5-12/h6-8,12H,2-5,10-11H2,1H3. The Bertz CT molecular complexity index is 431. The molecule has 0 bridgehead atoms. The van der Waals surface area contributed by atoms with E-state index in [2.05, 4.69) is 6.07 Å². The quantitative estimate of drug-likeness (QED) is 0.799. The maximum absolute atomic E-state index is 8.90. The van der Waals surface area contributed by atoms with Crippen molar-refractivity contribution in [1.82, 2.24) is 0 Å². The predicted octanol–water partition coefficient (Wildman–Crippen LogP) is 3.27. The Kier molecular flexibility index (Phi) is 4.60. The fraction of sp³-hybridized carbons (Fsp3) is 0.533. The van der Waals surface area contributed by atoms with Gasteiger partial charge in [0.2, 0.25) is 0 Å². The van der Waals surface area contributed by atoms with Gasteiger partial charge >= 0.3 is 0 Å². The van der Waals surface area contributed by atoms with Gasteiger partial charge in [0.05, 0.1) is 19.3 Å². The van der Waals surface area contributed by atoms with Gasteiger partial charge in [0.15, 0.2) is 0 Å². The first-order valence-corrected chi connectivity index (χ1v) is 6.48. The zero-order valence-electron chi connectivity index (χ0n) is 10.8. The van der Waals surface area contributed by atoms with Crippen LogP contribution in [0.25, 0.3) is 0 Å². The average molecular weight is 245 g/mol. The number of hydrogen-bond acceptors (Lipinski definition) is 3. The summed E-state index contributed by atoms with van der Waals surface area (Å²) in [5.74, 6) is 1.37. The van der Waals surface area contributed by atoms with Gasteiger partial charge in [0.1, 0.15) is 11.8 Å². The molecule has 1 aliphatic rings. The molecule has 0 aromatic heterocycles. The first kappa shape index (κ1) is 12.9. The third kappa shape index (κ3) is 3.24. The minimum Gasteiger partial charge on any atom is -0.495 e. The van der Waals surface area contributed by atoms with E-state index in [4.69, 9.17) is 14.7 Å². The van der Waals surface area contributed by atoms with E-state index in [9.17, 15) is 0 Å². The molecule has 3 nitrogen and oxygen atoms in total. The Morgan fingerprint density at radius 2 is 2.11 bits per heavy atom. The highest BCUT2D eigenvalue weighted by Crippen LogP contribution is 2.25. The van der Waals surface area contributed by atoms with Gasteiger partial charge in [-0.15, -0.1) is 0 Å². The second kappa shape index (κ2) is 6.42. The molecule has 1 aromatic rings. The van der Waals surface area contributed by atoms with Crippen molar-refractivity contribution in [3.05, 3.63) is 29.3 Å². The molecule has 0 atom stereocenters. The van der Waals surface area contributed by atoms with Crippen molar-refractivity contribution in [2.75, 3.05) is 13.7 Å². The minimum absolute atomic E-state index is 0.567. The molecule has 2 rings (SSSR count). The van der Waals surface area contributed by atoms with Crippen molar-refractivity contribution in [1.29, 1.82) is 5.26 Å². The summed E-state index contributed by atoms with van der Waals surface area (Å²) < 4.78 is 10.9. The highest BCUT2D eigenvalue weighted by atomic mass is 16.5. The van der Waals surface area contributed by atoms with Crippen LogP contribution in [0.4, 0.5) is 0 Å². The molecule has 18 heavy (non-hydrogen) atoms. The van der Waals surface area contributed by atoms with Crippen molar-refractivity contribution < 1.29 is 9.47 Å². The summed E-state index contributed by atoms with van der Waals surface area (Å²) in [6.45, 7) is 1.45. The van der Waals surface area contributed by atoms with Crippen LogP contribution >= 0.6 is 0 Å². The van der Waals surface area contributed by atoms with Crippen LogP contribution in [0.5, 0.6) is 5.75 Å². The van der Waals surface area contributed by atoms with E-state index in [1.165, 1.54) is 25.7 Å². The Morgan fingerprint density at radius 1 is 1.33 bits per heavy atom. The van der Waals surface area contributed by atoms with Crippen LogP contribution in [-0.4, -0.2) is 13.7 Å². The van der Waals surface area contributed by atoms with Gasteiger partial charge in [0.25, 0.3) is 0 Å². The molecule has 0 saturated heterocycles. The summed E-state index contributed by atoms with van der Waals surface area (Å²) in [5, 5.41) is 8.90. The number of methoxy groups -OCH3 is 1. The number of nitrogens with zero attached hydrogens (tertiary/aromatic N) is 1. The molecule has 0 aliphatic heterocycles. The lowest BCUT2D eigenvalue weighted by atomic mass is 10.1. The summed E-state index contributed by atoms with van der Waals surface area (Å²) in [7, 11) is 1.58. The van der Waals surface area contributed by atoms with Gasteiger partial charge in [-0.05, 0) is 36.5 Å². The molecule has 0 N–H and O–H groups in total. The molecule has 96 valence electrons. The smallest absolute Gasteiger partial charge is 0.136 e. The first-order chi connectivity index (χ1) is 8.83. The lowest BCUT2D eigenvalue weighted by Gasteiger charge is -2.11. The normalized spacial score (nSPS) is 15.6. The molecule has 0 unspecified atom stereocenters. The molecule has 0 radical (unpaired) electrons. The SMILES string of the molecule is COc1cc(COCC2CCCC2)ccc1C#N. The largest absolute Gasteiger partial charge is 0.495 e. The Morgan fingerprint density at radius 3 is 2.78 bits per heavy atom. The third-order valence-electron chi connectivity index (χ3n) is 3.48. The van der Waals surface area contributed by atoms with Gasteiger partial charge in [-0.2, -0.15) is 5.26 Å². The molecule has 1 saturated carbocycles. The van der Waals surface area contributed by atoms with Gasteiger partial charge < -0.3 is 9.47 Å². The lowest BCUT2D eigenvalue weighted by molar-refractivity contribution is 0.0887. The van der Waals surface area contributed by atoms with E-state index in [0.717, 1.165) is 18.1 Å². The monoisotopic (exact) mass is 245 g/mol. The van der Waals surface area contributed by atoms with Crippen molar-refractivity contribution in [2.45, 2.75) is 32.3 Å². The fourth-order valence-electron chi connectivity index (χ4n) is 2.44. The van der Waals surface area contributed by atoms with E-state index in [1.54, 1.807) is 13.2 Å². The second-order valence-electron chi connectivity index (χ2n) is 4.81. The number of rotatable bonds is 5. The summed E-state index contributed by atoms with van der Waals surface area (Å²) >= 11 is 0. The van der Waals surface area contributed by atoms with Gasteiger partial charge in [0, 0.05) is 6.61 Å². The van der Waals surface area contributed by atoms with Crippen LogP contribution in [0, 0.1) is 17.2 Å². The van der Waals surface area contributed by atoms with Crippen LogP contribution < -0.4 is 4.74 Å². The van der Waals surface area contributed by atoms with Crippen molar-refractivity contribution >= 4 is 0 Å². The van der Waals surface area contributed by atoms with E-state index < -0.39 is 0 Å². The zero-order valence-corrected chi connectivity index (χ0v) is 10.8. The van der Waals surface area contributed by atoms with Crippen LogP contribution in [0.1, 0.15) is 36.8 Å². The number of ether oxygens (including phenoxy) is 2. The maximum Gasteiger partial charge on any atom is 0.136 e.